The predicted octanol–water partition coefficient (Wildman–Crippen LogP) is 2.53. The summed E-state index contributed by atoms with van der Waals surface area (Å²) in [5.41, 5.74) is 2.33. The van der Waals surface area contributed by atoms with E-state index in [4.69, 9.17) is 9.47 Å². The molecular formula is C18H17N3O4. The Morgan fingerprint density at radius 1 is 1.20 bits per heavy atom. The maximum Gasteiger partial charge on any atom is 0.258 e. The van der Waals surface area contributed by atoms with Gasteiger partial charge < -0.3 is 9.47 Å². The zero-order valence-electron chi connectivity index (χ0n) is 14.0. The third-order valence-corrected chi connectivity index (χ3v) is 4.38. The van der Waals surface area contributed by atoms with Gasteiger partial charge in [0.1, 0.15) is 0 Å². The normalized spacial score (nSPS) is 18.0. The SMILES string of the molecule is Cc1nc(NC(=O)c2ccc3c(c2)OCO3)nc2c1C(=O)CC(C)C2. The molecule has 0 bridgehead atoms. The Morgan fingerprint density at radius 2 is 2.00 bits per heavy atom. The van der Waals surface area contributed by atoms with E-state index in [-0.39, 0.29) is 30.3 Å². The predicted molar refractivity (Wildman–Crippen MR) is 89.1 cm³/mol. The van der Waals surface area contributed by atoms with Crippen LogP contribution >= 0.6 is 0 Å². The lowest BCUT2D eigenvalue weighted by atomic mass is 9.86. The lowest BCUT2D eigenvalue weighted by Gasteiger charge is -2.21. The molecule has 7 nitrogen and oxygen atoms in total. The standard InChI is InChI=1S/C18H17N3O4/c1-9-5-12-16(13(22)6-9)10(2)19-18(20-12)21-17(23)11-3-4-14-15(7-11)25-8-24-14/h3-4,7,9H,5-6,8H2,1-2H3,(H,19,20,21,23). The third kappa shape index (κ3) is 2.82. The molecule has 1 aromatic heterocycles. The number of hydrogen-bond acceptors (Lipinski definition) is 6. The van der Waals surface area contributed by atoms with E-state index in [9.17, 15) is 9.59 Å². The Labute approximate surface area is 144 Å². The molecule has 0 saturated heterocycles. The number of hydrogen-bond donors (Lipinski definition) is 1. The highest BCUT2D eigenvalue weighted by Crippen LogP contribution is 2.32. The summed E-state index contributed by atoms with van der Waals surface area (Å²) in [6.07, 6.45) is 1.22. The van der Waals surface area contributed by atoms with Crippen LogP contribution in [0.1, 0.15) is 45.4 Å². The molecule has 2 aliphatic rings. The highest BCUT2D eigenvalue weighted by molar-refractivity contribution is 6.04. The molecule has 0 saturated carbocycles. The second kappa shape index (κ2) is 5.84. The number of benzene rings is 1. The summed E-state index contributed by atoms with van der Waals surface area (Å²) in [6, 6.07) is 4.96. The average molecular weight is 339 g/mol. The van der Waals surface area contributed by atoms with E-state index in [1.165, 1.54) is 0 Å². The first-order valence-corrected chi connectivity index (χ1v) is 8.13. The smallest absolute Gasteiger partial charge is 0.258 e. The van der Waals surface area contributed by atoms with E-state index in [0.29, 0.717) is 46.9 Å². The number of nitrogens with zero attached hydrogens (tertiary/aromatic N) is 2. The Morgan fingerprint density at radius 3 is 2.84 bits per heavy atom. The van der Waals surface area contributed by atoms with E-state index in [0.717, 1.165) is 0 Å². The number of anilines is 1. The average Bonchev–Trinajstić information content (AvgIpc) is 3.01. The molecule has 2 heterocycles. The maximum absolute atomic E-state index is 12.5. The molecule has 4 rings (SSSR count). The van der Waals surface area contributed by atoms with Gasteiger partial charge in [-0.05, 0) is 37.5 Å². The fourth-order valence-corrected chi connectivity index (χ4v) is 3.23. The van der Waals surface area contributed by atoms with Gasteiger partial charge in [-0.1, -0.05) is 6.92 Å². The zero-order valence-corrected chi connectivity index (χ0v) is 14.0. The van der Waals surface area contributed by atoms with Crippen molar-refractivity contribution >= 4 is 17.6 Å². The summed E-state index contributed by atoms with van der Waals surface area (Å²) in [5.74, 6) is 1.33. The topological polar surface area (TPSA) is 90.4 Å². The fraction of sp³-hybridized carbons (Fsp3) is 0.333. The molecule has 1 unspecified atom stereocenters. The summed E-state index contributed by atoms with van der Waals surface area (Å²) in [4.78, 5) is 33.3. The minimum Gasteiger partial charge on any atom is -0.454 e. The minimum absolute atomic E-state index is 0.0693. The van der Waals surface area contributed by atoms with Gasteiger partial charge in [0, 0.05) is 12.0 Å². The van der Waals surface area contributed by atoms with Gasteiger partial charge in [0.15, 0.2) is 17.3 Å². The van der Waals surface area contributed by atoms with Crippen molar-refractivity contribution in [1.29, 1.82) is 0 Å². The largest absolute Gasteiger partial charge is 0.454 e. The van der Waals surface area contributed by atoms with Crippen molar-refractivity contribution in [3.8, 4) is 11.5 Å². The van der Waals surface area contributed by atoms with Gasteiger partial charge in [-0.25, -0.2) is 9.97 Å². The van der Waals surface area contributed by atoms with E-state index >= 15 is 0 Å². The number of amides is 1. The molecule has 128 valence electrons. The monoisotopic (exact) mass is 339 g/mol. The van der Waals surface area contributed by atoms with Crippen molar-refractivity contribution in [2.24, 2.45) is 5.92 Å². The van der Waals surface area contributed by atoms with E-state index in [2.05, 4.69) is 15.3 Å². The quantitative estimate of drug-likeness (QED) is 0.904. The van der Waals surface area contributed by atoms with E-state index in [1.807, 2.05) is 6.92 Å². The molecule has 1 amide bonds. The first kappa shape index (κ1) is 15.6. The van der Waals surface area contributed by atoms with Gasteiger partial charge in [0.2, 0.25) is 12.7 Å². The van der Waals surface area contributed by atoms with Crippen molar-refractivity contribution in [3.05, 3.63) is 40.7 Å². The molecular weight excluding hydrogens is 322 g/mol. The van der Waals surface area contributed by atoms with Crippen LogP contribution in [0, 0.1) is 12.8 Å². The second-order valence-corrected chi connectivity index (χ2v) is 6.41. The summed E-state index contributed by atoms with van der Waals surface area (Å²) < 4.78 is 10.5. The third-order valence-electron chi connectivity index (χ3n) is 4.38. The number of aromatic nitrogens is 2. The number of ketones is 1. The number of rotatable bonds is 2. The van der Waals surface area contributed by atoms with Crippen LogP contribution in [0.15, 0.2) is 18.2 Å². The van der Waals surface area contributed by atoms with Crippen molar-refractivity contribution < 1.29 is 19.1 Å². The number of ether oxygens (including phenoxy) is 2. The highest BCUT2D eigenvalue weighted by Gasteiger charge is 2.27. The maximum atomic E-state index is 12.5. The van der Waals surface area contributed by atoms with Crippen molar-refractivity contribution in [1.82, 2.24) is 9.97 Å². The van der Waals surface area contributed by atoms with Gasteiger partial charge in [-0.15, -0.1) is 0 Å². The molecule has 1 aliphatic heterocycles. The highest BCUT2D eigenvalue weighted by atomic mass is 16.7. The van der Waals surface area contributed by atoms with Gasteiger partial charge in [0.05, 0.1) is 17.0 Å². The van der Waals surface area contributed by atoms with Crippen LogP contribution in [-0.4, -0.2) is 28.5 Å². The molecule has 0 radical (unpaired) electrons. The number of aryl methyl sites for hydroxylation is 1. The summed E-state index contributed by atoms with van der Waals surface area (Å²) >= 11 is 0. The van der Waals surface area contributed by atoms with Crippen molar-refractivity contribution in [3.63, 3.8) is 0 Å². The molecule has 1 aliphatic carbocycles. The van der Waals surface area contributed by atoms with Gasteiger partial charge in [-0.2, -0.15) is 0 Å². The molecule has 1 atom stereocenters. The van der Waals surface area contributed by atoms with Gasteiger partial charge in [0.25, 0.3) is 5.91 Å². The number of nitrogens with one attached hydrogen (secondary N) is 1. The summed E-state index contributed by atoms with van der Waals surface area (Å²) in [5, 5.41) is 2.70. The van der Waals surface area contributed by atoms with Crippen molar-refractivity contribution in [2.75, 3.05) is 12.1 Å². The Hall–Kier alpha value is -2.96. The fourth-order valence-electron chi connectivity index (χ4n) is 3.23. The molecule has 25 heavy (non-hydrogen) atoms. The first-order valence-electron chi connectivity index (χ1n) is 8.13. The van der Waals surface area contributed by atoms with Crippen LogP contribution in [0.4, 0.5) is 5.95 Å². The summed E-state index contributed by atoms with van der Waals surface area (Å²) in [7, 11) is 0. The van der Waals surface area contributed by atoms with Gasteiger partial charge >= 0.3 is 0 Å². The summed E-state index contributed by atoms with van der Waals surface area (Å²) in [6.45, 7) is 3.94. The lowest BCUT2D eigenvalue weighted by molar-refractivity contribution is 0.0950. The van der Waals surface area contributed by atoms with Crippen LogP contribution in [0.5, 0.6) is 11.5 Å². The molecule has 0 fully saturated rings. The Bertz CT molecular complexity index is 894. The lowest BCUT2D eigenvalue weighted by Crippen LogP contribution is -2.23. The van der Waals surface area contributed by atoms with Crippen LogP contribution in [0.2, 0.25) is 0 Å². The number of carbonyl (C=O) groups is 2. The Balaban J connectivity index is 1.61. The molecule has 0 spiro atoms. The number of fused-ring (bicyclic) bond motifs is 2. The zero-order chi connectivity index (χ0) is 17.6. The van der Waals surface area contributed by atoms with E-state index < -0.39 is 0 Å². The van der Waals surface area contributed by atoms with E-state index in [1.54, 1.807) is 25.1 Å². The number of carbonyl (C=O) groups excluding carboxylic acids is 2. The second-order valence-electron chi connectivity index (χ2n) is 6.41. The molecule has 1 N–H and O–H groups in total. The minimum atomic E-state index is -0.340. The van der Waals surface area contributed by atoms with Crippen LogP contribution in [-0.2, 0) is 6.42 Å². The number of Topliss-reactive ketones (excluding diaryl/α,β-unsaturated/α-hetero) is 1. The molecule has 2 aromatic rings. The van der Waals surface area contributed by atoms with Crippen LogP contribution in [0.3, 0.4) is 0 Å². The van der Waals surface area contributed by atoms with Crippen molar-refractivity contribution in [2.45, 2.75) is 26.7 Å². The van der Waals surface area contributed by atoms with Crippen LogP contribution in [0.25, 0.3) is 0 Å². The molecule has 1 aromatic carbocycles. The van der Waals surface area contributed by atoms with Crippen LogP contribution < -0.4 is 14.8 Å². The first-order chi connectivity index (χ1) is 12.0. The van der Waals surface area contributed by atoms with Gasteiger partial charge in [-0.3, -0.25) is 14.9 Å². The molecule has 7 heteroatoms. The Kier molecular flexibility index (Phi) is 3.63.